The molecule has 1 rings (SSSR count). The summed E-state index contributed by atoms with van der Waals surface area (Å²) in [7, 11) is 0. The van der Waals surface area contributed by atoms with Gasteiger partial charge >= 0.3 is 5.97 Å². The van der Waals surface area contributed by atoms with Crippen molar-refractivity contribution >= 4 is 11.9 Å². The number of benzene rings is 1. The average Bonchev–Trinajstić information content (AvgIpc) is 2.59. The molecular formula is C15H21NO8. The van der Waals surface area contributed by atoms with Gasteiger partial charge in [0.1, 0.15) is 24.4 Å². The Kier molecular flexibility index (Phi) is 7.75. The Morgan fingerprint density at radius 2 is 1.58 bits per heavy atom. The van der Waals surface area contributed by atoms with Gasteiger partial charge in [-0.2, -0.15) is 0 Å². The minimum absolute atomic E-state index is 0.0491. The third kappa shape index (κ3) is 5.55. The van der Waals surface area contributed by atoms with Gasteiger partial charge in [-0.3, -0.25) is 4.79 Å². The predicted octanol–water partition coefficient (Wildman–Crippen LogP) is -2.77. The van der Waals surface area contributed by atoms with Crippen molar-refractivity contribution in [1.29, 1.82) is 0 Å². The normalized spacial score (nSPS) is 17.4. The number of rotatable bonds is 9. The van der Waals surface area contributed by atoms with Crippen molar-refractivity contribution in [1.82, 2.24) is 5.32 Å². The van der Waals surface area contributed by atoms with Gasteiger partial charge in [0, 0.05) is 6.42 Å². The maximum absolute atomic E-state index is 11.9. The lowest BCUT2D eigenvalue weighted by Crippen LogP contribution is -2.54. The number of hydrogen-bond donors (Lipinski definition) is 7. The van der Waals surface area contributed by atoms with Gasteiger partial charge in [-0.05, 0) is 5.56 Å². The zero-order valence-corrected chi connectivity index (χ0v) is 12.7. The number of carbonyl (C=O) groups is 2. The molecule has 1 aromatic rings. The van der Waals surface area contributed by atoms with Crippen molar-refractivity contribution in [2.75, 3.05) is 6.61 Å². The molecule has 0 saturated carbocycles. The van der Waals surface area contributed by atoms with Gasteiger partial charge < -0.3 is 36.0 Å². The fraction of sp³-hybridized carbons (Fsp3) is 0.467. The van der Waals surface area contributed by atoms with E-state index in [9.17, 15) is 30.0 Å². The highest BCUT2D eigenvalue weighted by Gasteiger charge is 2.35. The molecular weight excluding hydrogens is 322 g/mol. The van der Waals surface area contributed by atoms with E-state index in [1.165, 1.54) is 0 Å². The summed E-state index contributed by atoms with van der Waals surface area (Å²) in [5, 5.41) is 57.9. The number of amides is 1. The molecule has 134 valence electrons. The maximum Gasteiger partial charge on any atom is 0.326 e. The first-order chi connectivity index (χ1) is 11.3. The van der Waals surface area contributed by atoms with Crippen LogP contribution in [0.1, 0.15) is 5.56 Å². The van der Waals surface area contributed by atoms with Gasteiger partial charge in [0.05, 0.1) is 6.61 Å². The third-order valence-corrected chi connectivity index (χ3v) is 3.42. The number of carbonyl (C=O) groups excluding carboxylic acids is 1. The van der Waals surface area contributed by atoms with Crippen LogP contribution in [-0.2, 0) is 16.0 Å². The number of nitrogens with one attached hydrogen (secondary N) is 1. The summed E-state index contributed by atoms with van der Waals surface area (Å²) in [4.78, 5) is 23.1. The van der Waals surface area contributed by atoms with Crippen LogP contribution in [0.4, 0.5) is 0 Å². The van der Waals surface area contributed by atoms with Crippen molar-refractivity contribution in [2.45, 2.75) is 36.9 Å². The van der Waals surface area contributed by atoms with E-state index in [2.05, 4.69) is 5.32 Å². The van der Waals surface area contributed by atoms with E-state index >= 15 is 0 Å². The topological polar surface area (TPSA) is 168 Å². The van der Waals surface area contributed by atoms with E-state index < -0.39 is 48.9 Å². The molecule has 0 unspecified atom stereocenters. The van der Waals surface area contributed by atoms with Crippen LogP contribution in [0, 0.1) is 0 Å². The third-order valence-electron chi connectivity index (χ3n) is 3.42. The first-order valence-electron chi connectivity index (χ1n) is 7.18. The monoisotopic (exact) mass is 343 g/mol. The molecule has 5 atom stereocenters. The summed E-state index contributed by atoms with van der Waals surface area (Å²) in [5.41, 5.74) is 0.635. The van der Waals surface area contributed by atoms with Crippen LogP contribution in [0.15, 0.2) is 30.3 Å². The van der Waals surface area contributed by atoms with E-state index in [0.717, 1.165) is 0 Å². The molecule has 24 heavy (non-hydrogen) atoms. The number of carboxylic acid groups (broad SMARTS) is 1. The first-order valence-corrected chi connectivity index (χ1v) is 7.18. The van der Waals surface area contributed by atoms with E-state index in [-0.39, 0.29) is 6.42 Å². The smallest absolute Gasteiger partial charge is 0.326 e. The molecule has 0 fully saturated rings. The lowest BCUT2D eigenvalue weighted by atomic mass is 10.0. The highest BCUT2D eigenvalue weighted by molar-refractivity contribution is 5.86. The van der Waals surface area contributed by atoms with Crippen molar-refractivity contribution < 1.29 is 40.2 Å². The summed E-state index contributed by atoms with van der Waals surface area (Å²) < 4.78 is 0. The summed E-state index contributed by atoms with van der Waals surface area (Å²) in [5.74, 6) is -2.57. The molecule has 0 aliphatic heterocycles. The summed E-state index contributed by atoms with van der Waals surface area (Å²) in [6.45, 7) is -0.891. The minimum Gasteiger partial charge on any atom is -0.480 e. The lowest BCUT2D eigenvalue weighted by Gasteiger charge is -2.26. The zero-order valence-electron chi connectivity index (χ0n) is 12.7. The molecule has 0 aromatic heterocycles. The molecule has 0 spiro atoms. The van der Waals surface area contributed by atoms with Crippen molar-refractivity contribution in [3.05, 3.63) is 35.9 Å². The van der Waals surface area contributed by atoms with Crippen molar-refractivity contribution in [3.63, 3.8) is 0 Å². The van der Waals surface area contributed by atoms with E-state index in [1.54, 1.807) is 30.3 Å². The van der Waals surface area contributed by atoms with Gasteiger partial charge in [0.15, 0.2) is 6.10 Å². The highest BCUT2D eigenvalue weighted by atomic mass is 16.4. The number of aliphatic carboxylic acids is 1. The first kappa shape index (κ1) is 20.0. The highest BCUT2D eigenvalue weighted by Crippen LogP contribution is 2.08. The van der Waals surface area contributed by atoms with Gasteiger partial charge in [-0.15, -0.1) is 0 Å². The number of hydrogen-bond acceptors (Lipinski definition) is 7. The average molecular weight is 343 g/mol. The molecule has 0 saturated heterocycles. The Balaban J connectivity index is 2.72. The number of carboxylic acids is 1. The van der Waals surface area contributed by atoms with Crippen molar-refractivity contribution in [2.24, 2.45) is 0 Å². The standard InChI is InChI=1S/C15H21NO8/c17-7-10(18)11(19)12(20)13(21)14(22)16-9(15(23)24)6-8-4-2-1-3-5-8/h1-5,9-13,17-21H,6-7H2,(H,16,22)(H,23,24)/t9-,10-,11+,12+,13+/m0/s1. The van der Waals surface area contributed by atoms with E-state index in [4.69, 9.17) is 10.2 Å². The molecule has 0 aliphatic carbocycles. The van der Waals surface area contributed by atoms with Crippen LogP contribution in [0.5, 0.6) is 0 Å². The molecule has 7 N–H and O–H groups in total. The minimum atomic E-state index is -2.18. The second-order valence-corrected chi connectivity index (χ2v) is 5.27. The molecule has 1 amide bonds. The molecule has 0 radical (unpaired) electrons. The summed E-state index contributed by atoms with van der Waals surface area (Å²) in [6.07, 6.45) is -8.07. The maximum atomic E-state index is 11.9. The Morgan fingerprint density at radius 1 is 1.00 bits per heavy atom. The predicted molar refractivity (Wildman–Crippen MR) is 80.8 cm³/mol. The van der Waals surface area contributed by atoms with E-state index in [0.29, 0.717) is 5.56 Å². The fourth-order valence-corrected chi connectivity index (χ4v) is 1.98. The van der Waals surface area contributed by atoms with Crippen LogP contribution in [0.3, 0.4) is 0 Å². The largest absolute Gasteiger partial charge is 0.480 e. The van der Waals surface area contributed by atoms with Gasteiger partial charge in [0.25, 0.3) is 5.91 Å². The molecule has 1 aromatic carbocycles. The summed E-state index contributed by atoms with van der Waals surface area (Å²) >= 11 is 0. The summed E-state index contributed by atoms with van der Waals surface area (Å²) in [6, 6.07) is 7.10. The van der Waals surface area contributed by atoms with Crippen LogP contribution in [-0.4, -0.2) is 79.6 Å². The molecule has 0 bridgehead atoms. The van der Waals surface area contributed by atoms with Crippen LogP contribution in [0.25, 0.3) is 0 Å². The fourth-order valence-electron chi connectivity index (χ4n) is 1.98. The van der Waals surface area contributed by atoms with Gasteiger partial charge in [-0.25, -0.2) is 4.79 Å². The number of aliphatic hydroxyl groups is 5. The van der Waals surface area contributed by atoms with Crippen LogP contribution in [0.2, 0.25) is 0 Å². The lowest BCUT2D eigenvalue weighted by molar-refractivity contribution is -0.152. The zero-order chi connectivity index (χ0) is 18.3. The van der Waals surface area contributed by atoms with E-state index in [1.807, 2.05) is 0 Å². The second-order valence-electron chi connectivity index (χ2n) is 5.27. The van der Waals surface area contributed by atoms with Crippen LogP contribution < -0.4 is 5.32 Å². The Morgan fingerprint density at radius 3 is 2.08 bits per heavy atom. The Labute approximate surface area is 137 Å². The quantitative estimate of drug-likeness (QED) is 0.253. The Hall–Kier alpha value is -2.04. The molecule has 0 aliphatic rings. The second kappa shape index (κ2) is 9.30. The number of aliphatic hydroxyl groups excluding tert-OH is 5. The molecule has 0 heterocycles. The molecule has 9 nitrogen and oxygen atoms in total. The van der Waals surface area contributed by atoms with Crippen molar-refractivity contribution in [3.8, 4) is 0 Å². The SMILES string of the molecule is O=C(O)[C@H](Cc1ccccc1)NC(=O)[C@H](O)[C@H](O)[C@H](O)[C@@H](O)CO. The van der Waals surface area contributed by atoms with Gasteiger partial charge in [0.2, 0.25) is 0 Å². The van der Waals surface area contributed by atoms with Crippen LogP contribution >= 0.6 is 0 Å². The molecule has 9 heteroatoms. The Bertz CT molecular complexity index is 538. The van der Waals surface area contributed by atoms with Gasteiger partial charge in [-0.1, -0.05) is 30.3 Å².